The Morgan fingerprint density at radius 3 is 0.833 bits per heavy atom. The molecule has 0 fully saturated rings. The maximum Gasteiger partial charge on any atom is 0.472 e. The third-order valence-electron chi connectivity index (χ3n) is 16.2. The third kappa shape index (κ3) is 78.4. The number of likely N-dealkylation sites (N-methyl/N-ethyl adjacent to an activating group) is 1. The van der Waals surface area contributed by atoms with Crippen molar-refractivity contribution in [3.63, 3.8) is 0 Å². The van der Waals surface area contributed by atoms with E-state index in [1.54, 1.807) is 0 Å². The molecule has 0 aromatic carbocycles. The highest BCUT2D eigenvalue weighted by Gasteiger charge is 2.27. The standard InChI is InChI=1S/C86H144NO8P/c1-6-8-10-12-14-16-18-20-22-24-26-28-30-32-34-36-38-40-42-43-45-46-48-50-52-54-56-58-60-62-64-66-68-70-72-74-76-78-85(88)92-82-84(83-94-96(90,91)93-81-80-87(3,4)5)95-86(89)79-77-75-73-71-69-67-65-63-61-59-57-55-53-51-49-47-44-41-39-37-35-33-31-29-27-25-23-21-19-17-15-13-11-9-7-2/h8-11,14-17,20-23,26-29,32-35,38-41,47,49,53,55,84H,6-7,12-13,18-19,24-25,30-31,36-37,42-46,48,50-52,54,56-83H2,1-5H3/p+1/b10-8-,11-9-,16-14-,17-15-,22-20-,23-21-,28-26-,29-27-,34-32-,35-33-,40-38-,41-39-,49-47-,55-53-. The minimum absolute atomic E-state index is 0.0245. The van der Waals surface area contributed by atoms with Crippen LogP contribution in [-0.4, -0.2) is 74.9 Å². The highest BCUT2D eigenvalue weighted by Crippen LogP contribution is 2.43. The van der Waals surface area contributed by atoms with E-state index >= 15 is 0 Å². The number of carbonyl (C=O) groups excluding carboxylic acids is 2. The molecule has 0 aromatic heterocycles. The summed E-state index contributed by atoms with van der Waals surface area (Å²) in [5.41, 5.74) is 0. The average Bonchev–Trinajstić information content (AvgIpc) is 2.74. The molecule has 0 saturated heterocycles. The molecule has 0 amide bonds. The predicted molar refractivity (Wildman–Crippen MR) is 417 cm³/mol. The molecule has 546 valence electrons. The van der Waals surface area contributed by atoms with Crippen molar-refractivity contribution in [2.45, 2.75) is 315 Å². The maximum absolute atomic E-state index is 12.9. The summed E-state index contributed by atoms with van der Waals surface area (Å²) in [4.78, 5) is 36.0. The largest absolute Gasteiger partial charge is 0.472 e. The van der Waals surface area contributed by atoms with Gasteiger partial charge >= 0.3 is 19.8 Å². The average molecular weight is 1350 g/mol. The number of quaternary nitrogens is 1. The van der Waals surface area contributed by atoms with Gasteiger partial charge in [-0.05, 0) is 128 Å². The second-order valence-electron chi connectivity index (χ2n) is 26.6. The minimum Gasteiger partial charge on any atom is -0.462 e. The monoisotopic (exact) mass is 1350 g/mol. The van der Waals surface area contributed by atoms with Crippen molar-refractivity contribution in [3.05, 3.63) is 170 Å². The van der Waals surface area contributed by atoms with Gasteiger partial charge < -0.3 is 18.9 Å². The fourth-order valence-electron chi connectivity index (χ4n) is 10.4. The van der Waals surface area contributed by atoms with Crippen LogP contribution in [-0.2, 0) is 32.7 Å². The molecule has 0 aliphatic heterocycles. The van der Waals surface area contributed by atoms with Crippen LogP contribution in [0, 0.1) is 0 Å². The Balaban J connectivity index is 4.04. The topological polar surface area (TPSA) is 108 Å². The Labute approximate surface area is 591 Å². The molecule has 0 radical (unpaired) electrons. The highest BCUT2D eigenvalue weighted by molar-refractivity contribution is 7.47. The molecule has 0 aliphatic carbocycles. The quantitative estimate of drug-likeness (QED) is 0.0211. The Morgan fingerprint density at radius 2 is 0.562 bits per heavy atom. The minimum atomic E-state index is -4.41. The fourth-order valence-corrected chi connectivity index (χ4v) is 11.1. The van der Waals surface area contributed by atoms with Gasteiger partial charge in [-0.2, -0.15) is 0 Å². The first-order valence-electron chi connectivity index (χ1n) is 38.9. The van der Waals surface area contributed by atoms with Crippen LogP contribution >= 0.6 is 7.82 Å². The maximum atomic E-state index is 12.9. The summed E-state index contributed by atoms with van der Waals surface area (Å²) in [7, 11) is 1.46. The second-order valence-corrected chi connectivity index (χ2v) is 28.1. The molecule has 96 heavy (non-hydrogen) atoms. The van der Waals surface area contributed by atoms with Crippen LogP contribution in [0.4, 0.5) is 0 Å². The number of rotatable bonds is 70. The lowest BCUT2D eigenvalue weighted by Gasteiger charge is -2.24. The van der Waals surface area contributed by atoms with E-state index in [2.05, 4.69) is 184 Å². The van der Waals surface area contributed by atoms with Gasteiger partial charge in [0.2, 0.25) is 0 Å². The summed E-state index contributed by atoms with van der Waals surface area (Å²) >= 11 is 0. The molecule has 2 atom stereocenters. The molecular formula is C86H145NO8P+. The van der Waals surface area contributed by atoms with E-state index in [0.717, 1.165) is 135 Å². The number of esters is 2. The molecular weight excluding hydrogens is 1210 g/mol. The van der Waals surface area contributed by atoms with Crippen LogP contribution < -0.4 is 0 Å². The smallest absolute Gasteiger partial charge is 0.462 e. The van der Waals surface area contributed by atoms with E-state index in [4.69, 9.17) is 18.5 Å². The van der Waals surface area contributed by atoms with Crippen LogP contribution in [0.15, 0.2) is 170 Å². The summed E-state index contributed by atoms with van der Waals surface area (Å²) < 4.78 is 34.8. The number of phosphoric acid groups is 1. The van der Waals surface area contributed by atoms with Crippen molar-refractivity contribution in [1.29, 1.82) is 0 Å². The van der Waals surface area contributed by atoms with E-state index in [0.29, 0.717) is 17.4 Å². The van der Waals surface area contributed by atoms with Crippen LogP contribution in [0.25, 0.3) is 0 Å². The van der Waals surface area contributed by atoms with Crippen molar-refractivity contribution in [2.24, 2.45) is 0 Å². The number of carbonyl (C=O) groups is 2. The number of hydrogen-bond donors (Lipinski definition) is 1. The van der Waals surface area contributed by atoms with Gasteiger partial charge in [0.15, 0.2) is 6.10 Å². The molecule has 1 N–H and O–H groups in total. The first kappa shape index (κ1) is 91.4. The summed E-state index contributed by atoms with van der Waals surface area (Å²) in [6, 6.07) is 0. The lowest BCUT2D eigenvalue weighted by atomic mass is 10.0. The van der Waals surface area contributed by atoms with E-state index in [1.807, 2.05) is 21.1 Å². The molecule has 0 heterocycles. The lowest BCUT2D eigenvalue weighted by molar-refractivity contribution is -0.870. The molecule has 0 rings (SSSR count). The molecule has 10 heteroatoms. The fraction of sp³-hybridized carbons (Fsp3) is 0.651. The van der Waals surface area contributed by atoms with E-state index in [9.17, 15) is 19.0 Å². The predicted octanol–water partition coefficient (Wildman–Crippen LogP) is 26.1. The van der Waals surface area contributed by atoms with Gasteiger partial charge in [-0.1, -0.05) is 338 Å². The summed E-state index contributed by atoms with van der Waals surface area (Å²) in [5, 5.41) is 0. The summed E-state index contributed by atoms with van der Waals surface area (Å²) in [6.07, 6.45) is 113. The Kier molecular flexibility index (Phi) is 71.0. The van der Waals surface area contributed by atoms with E-state index < -0.39 is 26.5 Å². The van der Waals surface area contributed by atoms with E-state index in [1.165, 1.54) is 141 Å². The van der Waals surface area contributed by atoms with Crippen molar-refractivity contribution < 1.29 is 42.1 Å². The van der Waals surface area contributed by atoms with Gasteiger partial charge in [-0.3, -0.25) is 18.6 Å². The number of ether oxygens (including phenoxy) is 2. The lowest BCUT2D eigenvalue weighted by Crippen LogP contribution is -2.37. The number of unbranched alkanes of at least 4 members (excludes halogenated alkanes) is 28. The Morgan fingerprint density at radius 1 is 0.323 bits per heavy atom. The zero-order valence-electron chi connectivity index (χ0n) is 62.3. The number of nitrogens with zero attached hydrogens (tertiary/aromatic N) is 1. The zero-order chi connectivity index (χ0) is 69.7. The second kappa shape index (κ2) is 74.6. The molecule has 0 aliphatic rings. The molecule has 2 unspecified atom stereocenters. The van der Waals surface area contributed by atoms with Crippen molar-refractivity contribution in [2.75, 3.05) is 47.5 Å². The van der Waals surface area contributed by atoms with Crippen molar-refractivity contribution >= 4 is 19.8 Å². The van der Waals surface area contributed by atoms with E-state index in [-0.39, 0.29) is 32.0 Å². The van der Waals surface area contributed by atoms with Gasteiger partial charge in [0, 0.05) is 12.8 Å². The SMILES string of the molecule is CC/C=C\C/C=C\C/C=C\C/C=C\C/C=C\C/C=C\C/C=C\C/C=C\CCCCCCCCCCCCC(=O)OC(COC(=O)CCCCCCCCCCCCCCCCCCCC/C=C\C/C=C\C/C=C\C/C=C\C/C=C\C/C=C\CC)COP(=O)(O)OCC[N+](C)(C)C. The molecule has 0 bridgehead atoms. The first-order chi connectivity index (χ1) is 47.0. The molecule has 0 saturated carbocycles. The van der Waals surface area contributed by atoms with Crippen LogP contribution in [0.2, 0.25) is 0 Å². The summed E-state index contributed by atoms with van der Waals surface area (Å²) in [5.74, 6) is -0.802. The van der Waals surface area contributed by atoms with Crippen LogP contribution in [0.1, 0.15) is 309 Å². The third-order valence-corrected chi connectivity index (χ3v) is 17.2. The molecule has 0 aromatic rings. The van der Waals surface area contributed by atoms with Crippen molar-refractivity contribution in [3.8, 4) is 0 Å². The van der Waals surface area contributed by atoms with Crippen LogP contribution in [0.5, 0.6) is 0 Å². The highest BCUT2D eigenvalue weighted by atomic mass is 31.2. The van der Waals surface area contributed by atoms with Gasteiger partial charge in [-0.15, -0.1) is 0 Å². The van der Waals surface area contributed by atoms with Gasteiger partial charge in [-0.25, -0.2) is 4.57 Å². The normalized spacial score (nSPS) is 14.0. The summed E-state index contributed by atoms with van der Waals surface area (Å²) in [6.45, 7) is 4.21. The zero-order valence-corrected chi connectivity index (χ0v) is 63.2. The Bertz CT molecular complexity index is 2230. The number of phosphoric ester groups is 1. The van der Waals surface area contributed by atoms with Gasteiger partial charge in [0.1, 0.15) is 19.8 Å². The Hall–Kier alpha value is -4.63. The number of hydrogen-bond acceptors (Lipinski definition) is 7. The van der Waals surface area contributed by atoms with Crippen molar-refractivity contribution in [1.82, 2.24) is 0 Å². The molecule has 9 nitrogen and oxygen atoms in total. The van der Waals surface area contributed by atoms with Gasteiger partial charge in [0.25, 0.3) is 0 Å². The number of allylic oxidation sites excluding steroid dienone is 28. The molecule has 0 spiro atoms. The van der Waals surface area contributed by atoms with Crippen LogP contribution in [0.3, 0.4) is 0 Å². The first-order valence-corrected chi connectivity index (χ1v) is 40.4. The van der Waals surface area contributed by atoms with Gasteiger partial charge in [0.05, 0.1) is 27.7 Å².